The lowest BCUT2D eigenvalue weighted by molar-refractivity contribution is -0.143. The Bertz CT molecular complexity index is 678. The van der Waals surface area contributed by atoms with Crippen LogP contribution in [-0.4, -0.2) is 12.6 Å². The van der Waals surface area contributed by atoms with Crippen LogP contribution in [0.2, 0.25) is 0 Å². The molecule has 0 unspecified atom stereocenters. The zero-order valence-corrected chi connectivity index (χ0v) is 14.1. The van der Waals surface area contributed by atoms with Crippen molar-refractivity contribution < 1.29 is 9.53 Å². The van der Waals surface area contributed by atoms with Gasteiger partial charge in [0.1, 0.15) is 0 Å². The first-order chi connectivity index (χ1) is 11.1. The van der Waals surface area contributed by atoms with E-state index in [2.05, 4.69) is 62.4 Å². The van der Waals surface area contributed by atoms with E-state index in [0.717, 1.165) is 11.1 Å². The Morgan fingerprint density at radius 3 is 2.43 bits per heavy atom. The van der Waals surface area contributed by atoms with Crippen LogP contribution in [0.4, 0.5) is 0 Å². The first kappa shape index (κ1) is 17.0. The van der Waals surface area contributed by atoms with Crippen molar-refractivity contribution in [3.63, 3.8) is 0 Å². The van der Waals surface area contributed by atoms with Gasteiger partial charge in [-0.05, 0) is 55.0 Å². The van der Waals surface area contributed by atoms with Crippen LogP contribution < -0.4 is 0 Å². The standard InChI is InChI=1S/C21H24O2/c1-4-23-21(22)14-12-19-10-6-9-18(15-19)11-13-20-16(2)7-5-8-17(20)3/h5-11,13,15H,4,12,14H2,1-3H3. The van der Waals surface area contributed by atoms with Gasteiger partial charge in [-0.15, -0.1) is 0 Å². The molecule has 0 radical (unpaired) electrons. The topological polar surface area (TPSA) is 26.3 Å². The van der Waals surface area contributed by atoms with E-state index in [1.54, 1.807) is 0 Å². The van der Waals surface area contributed by atoms with Crippen molar-refractivity contribution in [2.75, 3.05) is 6.61 Å². The molecule has 23 heavy (non-hydrogen) atoms. The molecule has 0 saturated carbocycles. The summed E-state index contributed by atoms with van der Waals surface area (Å²) in [5, 5.41) is 0. The molecule has 0 aliphatic heterocycles. The molecule has 0 amide bonds. The van der Waals surface area contributed by atoms with E-state index in [4.69, 9.17) is 4.74 Å². The molecule has 2 aromatic carbocycles. The van der Waals surface area contributed by atoms with Crippen LogP contribution in [-0.2, 0) is 16.0 Å². The molecular formula is C21H24O2. The number of hydrogen-bond donors (Lipinski definition) is 0. The number of ether oxygens (including phenoxy) is 1. The Balaban J connectivity index is 2.08. The van der Waals surface area contributed by atoms with E-state index in [0.29, 0.717) is 19.4 Å². The Kier molecular flexibility index (Phi) is 6.16. The van der Waals surface area contributed by atoms with Crippen molar-refractivity contribution in [2.45, 2.75) is 33.6 Å². The number of aryl methyl sites for hydroxylation is 3. The van der Waals surface area contributed by atoms with Crippen LogP contribution in [0.1, 0.15) is 41.2 Å². The van der Waals surface area contributed by atoms with Crippen molar-refractivity contribution >= 4 is 18.1 Å². The van der Waals surface area contributed by atoms with Gasteiger partial charge in [-0.1, -0.05) is 54.6 Å². The fourth-order valence-corrected chi connectivity index (χ4v) is 2.60. The van der Waals surface area contributed by atoms with E-state index >= 15 is 0 Å². The zero-order chi connectivity index (χ0) is 16.7. The minimum absolute atomic E-state index is 0.135. The molecule has 0 atom stereocenters. The van der Waals surface area contributed by atoms with Crippen LogP contribution in [0.3, 0.4) is 0 Å². The molecule has 0 saturated heterocycles. The van der Waals surface area contributed by atoms with Crippen molar-refractivity contribution in [3.05, 3.63) is 70.3 Å². The second-order valence-electron chi connectivity index (χ2n) is 5.69. The van der Waals surface area contributed by atoms with Crippen molar-refractivity contribution in [1.82, 2.24) is 0 Å². The summed E-state index contributed by atoms with van der Waals surface area (Å²) < 4.78 is 4.97. The molecule has 2 rings (SSSR count). The van der Waals surface area contributed by atoms with Gasteiger partial charge in [0.05, 0.1) is 6.61 Å². The monoisotopic (exact) mass is 308 g/mol. The predicted molar refractivity (Wildman–Crippen MR) is 96.2 cm³/mol. The van der Waals surface area contributed by atoms with Crippen LogP contribution in [0.25, 0.3) is 12.2 Å². The van der Waals surface area contributed by atoms with Crippen LogP contribution >= 0.6 is 0 Å². The minimum atomic E-state index is -0.135. The van der Waals surface area contributed by atoms with Gasteiger partial charge in [-0.2, -0.15) is 0 Å². The summed E-state index contributed by atoms with van der Waals surface area (Å²) in [6.07, 6.45) is 5.43. The summed E-state index contributed by atoms with van der Waals surface area (Å²) in [5.41, 5.74) is 6.12. The average molecular weight is 308 g/mol. The summed E-state index contributed by atoms with van der Waals surface area (Å²) in [6, 6.07) is 14.6. The number of carbonyl (C=O) groups is 1. The van der Waals surface area contributed by atoms with Crippen molar-refractivity contribution in [2.24, 2.45) is 0 Å². The van der Waals surface area contributed by atoms with Crippen LogP contribution in [0, 0.1) is 13.8 Å². The smallest absolute Gasteiger partial charge is 0.306 e. The molecule has 0 N–H and O–H groups in total. The van der Waals surface area contributed by atoms with Gasteiger partial charge in [-0.3, -0.25) is 4.79 Å². The third-order valence-electron chi connectivity index (χ3n) is 3.86. The van der Waals surface area contributed by atoms with Gasteiger partial charge in [0, 0.05) is 6.42 Å². The lowest BCUT2D eigenvalue weighted by Gasteiger charge is -2.05. The molecule has 0 heterocycles. The molecule has 0 bridgehead atoms. The largest absolute Gasteiger partial charge is 0.466 e. The van der Waals surface area contributed by atoms with Gasteiger partial charge in [0.2, 0.25) is 0 Å². The highest BCUT2D eigenvalue weighted by atomic mass is 16.5. The van der Waals surface area contributed by atoms with Gasteiger partial charge < -0.3 is 4.74 Å². The Morgan fingerprint density at radius 2 is 1.74 bits per heavy atom. The van der Waals surface area contributed by atoms with E-state index in [-0.39, 0.29) is 5.97 Å². The molecule has 2 nitrogen and oxygen atoms in total. The number of rotatable bonds is 6. The molecule has 0 spiro atoms. The van der Waals surface area contributed by atoms with E-state index in [1.807, 2.05) is 13.0 Å². The predicted octanol–water partition coefficient (Wildman–Crippen LogP) is 4.97. The summed E-state index contributed by atoms with van der Waals surface area (Å²) in [5.74, 6) is -0.135. The number of esters is 1. The molecule has 120 valence electrons. The molecule has 0 aliphatic rings. The fourth-order valence-electron chi connectivity index (χ4n) is 2.60. The molecular weight excluding hydrogens is 284 g/mol. The van der Waals surface area contributed by atoms with Gasteiger partial charge in [0.25, 0.3) is 0 Å². The van der Waals surface area contributed by atoms with E-state index in [9.17, 15) is 4.79 Å². The first-order valence-corrected chi connectivity index (χ1v) is 8.09. The van der Waals surface area contributed by atoms with E-state index in [1.165, 1.54) is 16.7 Å². The highest BCUT2D eigenvalue weighted by Crippen LogP contribution is 2.17. The quantitative estimate of drug-likeness (QED) is 0.556. The molecule has 2 heteroatoms. The Labute approximate surface area is 138 Å². The zero-order valence-electron chi connectivity index (χ0n) is 14.1. The lowest BCUT2D eigenvalue weighted by atomic mass is 10.0. The highest BCUT2D eigenvalue weighted by Gasteiger charge is 2.03. The first-order valence-electron chi connectivity index (χ1n) is 8.09. The van der Waals surface area contributed by atoms with Crippen molar-refractivity contribution in [3.8, 4) is 0 Å². The maximum atomic E-state index is 11.5. The normalized spacial score (nSPS) is 10.9. The average Bonchev–Trinajstić information content (AvgIpc) is 2.53. The van der Waals surface area contributed by atoms with Crippen LogP contribution in [0.5, 0.6) is 0 Å². The van der Waals surface area contributed by atoms with Crippen molar-refractivity contribution in [1.29, 1.82) is 0 Å². The molecule has 0 aromatic heterocycles. The second kappa shape index (κ2) is 8.33. The highest BCUT2D eigenvalue weighted by molar-refractivity contribution is 5.73. The second-order valence-corrected chi connectivity index (χ2v) is 5.69. The maximum absolute atomic E-state index is 11.5. The molecule has 0 fully saturated rings. The maximum Gasteiger partial charge on any atom is 0.306 e. The van der Waals surface area contributed by atoms with Gasteiger partial charge in [-0.25, -0.2) is 0 Å². The third-order valence-corrected chi connectivity index (χ3v) is 3.86. The van der Waals surface area contributed by atoms with E-state index < -0.39 is 0 Å². The Morgan fingerprint density at radius 1 is 1.04 bits per heavy atom. The number of benzene rings is 2. The number of carbonyl (C=O) groups excluding carboxylic acids is 1. The van der Waals surface area contributed by atoms with Gasteiger partial charge in [0.15, 0.2) is 0 Å². The van der Waals surface area contributed by atoms with Crippen LogP contribution in [0.15, 0.2) is 42.5 Å². The number of hydrogen-bond acceptors (Lipinski definition) is 2. The SMILES string of the molecule is CCOC(=O)CCc1cccc(C=Cc2c(C)cccc2C)c1. The lowest BCUT2D eigenvalue weighted by Crippen LogP contribution is -2.05. The molecule has 0 aliphatic carbocycles. The fraction of sp³-hybridized carbons (Fsp3) is 0.286. The third kappa shape index (κ3) is 5.10. The summed E-state index contributed by atoms with van der Waals surface area (Å²) in [7, 11) is 0. The van der Waals surface area contributed by atoms with Gasteiger partial charge >= 0.3 is 5.97 Å². The summed E-state index contributed by atoms with van der Waals surface area (Å²) in [6.45, 7) is 6.53. The molecule has 2 aromatic rings. The summed E-state index contributed by atoms with van der Waals surface area (Å²) >= 11 is 0. The Hall–Kier alpha value is -2.35. The minimum Gasteiger partial charge on any atom is -0.466 e. The summed E-state index contributed by atoms with van der Waals surface area (Å²) in [4.78, 5) is 11.5.